The Hall–Kier alpha value is -0.970. The summed E-state index contributed by atoms with van der Waals surface area (Å²) in [7, 11) is 0. The molecule has 1 aromatic rings. The first-order valence-electron chi connectivity index (χ1n) is 6.61. The zero-order valence-electron chi connectivity index (χ0n) is 10.9. The summed E-state index contributed by atoms with van der Waals surface area (Å²) in [5.74, 6) is 0.0529. The molecule has 4 heteroatoms. The van der Waals surface area contributed by atoms with E-state index < -0.39 is 0 Å². The van der Waals surface area contributed by atoms with Crippen LogP contribution >= 0.6 is 0 Å². The van der Waals surface area contributed by atoms with Gasteiger partial charge in [-0.2, -0.15) is 0 Å². The van der Waals surface area contributed by atoms with E-state index in [0.717, 1.165) is 32.7 Å². The van der Waals surface area contributed by atoms with Gasteiger partial charge in [-0.15, -0.1) is 0 Å². The number of piperazine rings is 1. The van der Waals surface area contributed by atoms with E-state index in [4.69, 9.17) is 5.73 Å². The minimum absolute atomic E-state index is 0.197. The van der Waals surface area contributed by atoms with Crippen LogP contribution in [0.25, 0.3) is 0 Å². The van der Waals surface area contributed by atoms with E-state index in [1.165, 1.54) is 6.07 Å². The number of nitrogens with zero attached hydrogens (tertiary/aromatic N) is 1. The number of halogens is 1. The summed E-state index contributed by atoms with van der Waals surface area (Å²) < 4.78 is 13.7. The molecule has 18 heavy (non-hydrogen) atoms. The molecule has 0 aliphatic carbocycles. The lowest BCUT2D eigenvalue weighted by Crippen LogP contribution is -2.46. The van der Waals surface area contributed by atoms with Crippen LogP contribution in [0, 0.1) is 11.7 Å². The number of benzene rings is 1. The van der Waals surface area contributed by atoms with Gasteiger partial charge in [-0.05, 0) is 12.0 Å². The third-order valence-electron chi connectivity index (χ3n) is 3.63. The van der Waals surface area contributed by atoms with Gasteiger partial charge in [0.05, 0.1) is 0 Å². The van der Waals surface area contributed by atoms with E-state index in [0.29, 0.717) is 5.56 Å². The molecular formula is C14H22FN3. The van der Waals surface area contributed by atoms with Crippen LogP contribution in [0.4, 0.5) is 4.39 Å². The highest BCUT2D eigenvalue weighted by molar-refractivity contribution is 5.21. The number of rotatable bonds is 4. The minimum Gasteiger partial charge on any atom is -0.324 e. The minimum atomic E-state index is -0.235. The van der Waals surface area contributed by atoms with Gasteiger partial charge >= 0.3 is 0 Å². The lowest BCUT2D eigenvalue weighted by molar-refractivity contribution is 0.198. The van der Waals surface area contributed by atoms with Crippen molar-refractivity contribution in [1.29, 1.82) is 0 Å². The van der Waals surface area contributed by atoms with Crippen LogP contribution in [0.5, 0.6) is 0 Å². The highest BCUT2D eigenvalue weighted by atomic mass is 19.1. The van der Waals surface area contributed by atoms with Gasteiger partial charge in [-0.3, -0.25) is 0 Å². The number of hydrogen-bond donors (Lipinski definition) is 2. The molecule has 0 bridgehead atoms. The predicted octanol–water partition coefficient (Wildman–Crippen LogP) is 1.37. The van der Waals surface area contributed by atoms with Crippen LogP contribution in [0.15, 0.2) is 24.3 Å². The molecule has 1 aliphatic rings. The van der Waals surface area contributed by atoms with E-state index in [2.05, 4.69) is 17.1 Å². The van der Waals surface area contributed by atoms with E-state index in [1.807, 2.05) is 6.07 Å². The number of nitrogens with two attached hydrogens (primary N) is 1. The van der Waals surface area contributed by atoms with Crippen LogP contribution in [0.1, 0.15) is 18.5 Å². The highest BCUT2D eigenvalue weighted by Gasteiger charge is 2.21. The summed E-state index contributed by atoms with van der Waals surface area (Å²) in [4.78, 5) is 2.39. The van der Waals surface area contributed by atoms with Crippen molar-refractivity contribution in [3.05, 3.63) is 35.6 Å². The summed E-state index contributed by atoms with van der Waals surface area (Å²) in [5, 5.41) is 3.33. The predicted molar refractivity (Wildman–Crippen MR) is 71.8 cm³/mol. The second-order valence-electron chi connectivity index (χ2n) is 5.08. The molecule has 1 aliphatic heterocycles. The van der Waals surface area contributed by atoms with Crippen molar-refractivity contribution in [1.82, 2.24) is 10.2 Å². The van der Waals surface area contributed by atoms with Gasteiger partial charge in [-0.1, -0.05) is 25.1 Å². The van der Waals surface area contributed by atoms with Crippen molar-refractivity contribution in [2.45, 2.75) is 13.0 Å². The monoisotopic (exact) mass is 251 g/mol. The average molecular weight is 251 g/mol. The molecule has 1 heterocycles. The Bertz CT molecular complexity index is 377. The first-order valence-corrected chi connectivity index (χ1v) is 6.61. The van der Waals surface area contributed by atoms with Crippen LogP contribution in [-0.4, -0.2) is 37.6 Å². The zero-order chi connectivity index (χ0) is 13.0. The summed E-state index contributed by atoms with van der Waals surface area (Å²) in [6, 6.07) is 6.57. The van der Waals surface area contributed by atoms with Gasteiger partial charge in [0.25, 0.3) is 0 Å². The van der Waals surface area contributed by atoms with Gasteiger partial charge in [0.1, 0.15) is 5.82 Å². The summed E-state index contributed by atoms with van der Waals surface area (Å²) in [5.41, 5.74) is 6.80. The first kappa shape index (κ1) is 13.5. The molecule has 0 amide bonds. The van der Waals surface area contributed by atoms with Gasteiger partial charge in [0, 0.05) is 44.3 Å². The van der Waals surface area contributed by atoms with Gasteiger partial charge in [0.2, 0.25) is 0 Å². The fraction of sp³-hybridized carbons (Fsp3) is 0.571. The third-order valence-corrected chi connectivity index (χ3v) is 3.63. The van der Waals surface area contributed by atoms with Crippen LogP contribution in [-0.2, 0) is 0 Å². The van der Waals surface area contributed by atoms with Crippen molar-refractivity contribution in [2.75, 3.05) is 32.7 Å². The Labute approximate surface area is 108 Å². The molecule has 1 aromatic carbocycles. The van der Waals surface area contributed by atoms with E-state index in [1.54, 1.807) is 12.1 Å². The maximum absolute atomic E-state index is 13.7. The molecule has 0 aromatic heterocycles. The van der Waals surface area contributed by atoms with Crippen molar-refractivity contribution in [3.63, 3.8) is 0 Å². The molecule has 2 atom stereocenters. The quantitative estimate of drug-likeness (QED) is 0.849. The van der Waals surface area contributed by atoms with Gasteiger partial charge < -0.3 is 16.0 Å². The van der Waals surface area contributed by atoms with Gasteiger partial charge in [0.15, 0.2) is 0 Å². The topological polar surface area (TPSA) is 41.3 Å². The molecule has 2 unspecified atom stereocenters. The SMILES string of the molecule is CC(CN1CCNCC1)C(N)c1ccccc1F. The van der Waals surface area contributed by atoms with Gasteiger partial charge in [-0.25, -0.2) is 4.39 Å². The maximum atomic E-state index is 13.7. The molecule has 0 saturated carbocycles. The molecule has 1 saturated heterocycles. The Balaban J connectivity index is 1.95. The molecule has 3 nitrogen and oxygen atoms in total. The Morgan fingerprint density at radius 1 is 1.33 bits per heavy atom. The maximum Gasteiger partial charge on any atom is 0.127 e. The normalized spacial score (nSPS) is 20.6. The molecule has 3 N–H and O–H groups in total. The van der Waals surface area contributed by atoms with E-state index in [-0.39, 0.29) is 17.8 Å². The zero-order valence-corrected chi connectivity index (χ0v) is 10.9. The Kier molecular flexibility index (Phi) is 4.69. The van der Waals surface area contributed by atoms with E-state index >= 15 is 0 Å². The summed E-state index contributed by atoms with van der Waals surface area (Å²) in [6.07, 6.45) is 0. The second-order valence-corrected chi connectivity index (χ2v) is 5.08. The standard InChI is InChI=1S/C14H22FN3/c1-11(10-18-8-6-17-7-9-18)14(16)12-4-2-3-5-13(12)15/h2-5,11,14,17H,6-10,16H2,1H3. The van der Waals surface area contributed by atoms with Crippen LogP contribution < -0.4 is 11.1 Å². The molecule has 0 radical (unpaired) electrons. The smallest absolute Gasteiger partial charge is 0.127 e. The second kappa shape index (κ2) is 6.27. The molecule has 100 valence electrons. The van der Waals surface area contributed by atoms with Crippen LogP contribution in [0.2, 0.25) is 0 Å². The Morgan fingerprint density at radius 3 is 2.67 bits per heavy atom. The third kappa shape index (κ3) is 3.28. The van der Waals surface area contributed by atoms with Crippen LogP contribution in [0.3, 0.4) is 0 Å². The lowest BCUT2D eigenvalue weighted by atomic mass is 9.94. The Morgan fingerprint density at radius 2 is 2.00 bits per heavy atom. The highest BCUT2D eigenvalue weighted by Crippen LogP contribution is 2.22. The van der Waals surface area contributed by atoms with Crippen molar-refractivity contribution in [3.8, 4) is 0 Å². The number of nitrogens with one attached hydrogen (secondary N) is 1. The summed E-state index contributed by atoms with van der Waals surface area (Å²) >= 11 is 0. The summed E-state index contributed by atoms with van der Waals surface area (Å²) in [6.45, 7) is 7.18. The molecule has 1 fully saturated rings. The van der Waals surface area contributed by atoms with Crippen molar-refractivity contribution >= 4 is 0 Å². The molecular weight excluding hydrogens is 229 g/mol. The average Bonchev–Trinajstić information content (AvgIpc) is 2.39. The lowest BCUT2D eigenvalue weighted by Gasteiger charge is -2.31. The first-order chi connectivity index (χ1) is 8.68. The van der Waals surface area contributed by atoms with Crippen molar-refractivity contribution in [2.24, 2.45) is 11.7 Å². The van der Waals surface area contributed by atoms with Crippen molar-refractivity contribution < 1.29 is 4.39 Å². The molecule has 0 spiro atoms. The largest absolute Gasteiger partial charge is 0.324 e. The number of hydrogen-bond acceptors (Lipinski definition) is 3. The molecule has 2 rings (SSSR count). The fourth-order valence-electron chi connectivity index (χ4n) is 2.47. The van der Waals surface area contributed by atoms with E-state index in [9.17, 15) is 4.39 Å². The fourth-order valence-corrected chi connectivity index (χ4v) is 2.47.